The molecule has 22 heavy (non-hydrogen) atoms. The first-order valence-electron chi connectivity index (χ1n) is 7.33. The molecule has 3 rings (SSSR count). The third kappa shape index (κ3) is 3.50. The van der Waals surface area contributed by atoms with E-state index in [1.807, 2.05) is 36.4 Å². The smallest absolute Gasteiger partial charge is 0.224 e. The lowest BCUT2D eigenvalue weighted by molar-refractivity contribution is -0.122. The van der Waals surface area contributed by atoms with Gasteiger partial charge < -0.3 is 10.1 Å². The van der Waals surface area contributed by atoms with Gasteiger partial charge in [-0.1, -0.05) is 40.2 Å². The molecule has 0 aliphatic heterocycles. The third-order valence-electron chi connectivity index (χ3n) is 4.05. The summed E-state index contributed by atoms with van der Waals surface area (Å²) in [7, 11) is 1.64. The Kier molecular flexibility index (Phi) is 4.48. The first-order chi connectivity index (χ1) is 10.7. The van der Waals surface area contributed by atoms with Crippen LogP contribution >= 0.6 is 15.9 Å². The molecular formula is C18H18BrNO2. The van der Waals surface area contributed by atoms with E-state index in [1.54, 1.807) is 7.11 Å². The van der Waals surface area contributed by atoms with Crippen molar-refractivity contribution < 1.29 is 9.53 Å². The number of carbonyl (C=O) groups excluding carboxylic acids is 1. The number of amides is 1. The summed E-state index contributed by atoms with van der Waals surface area (Å²) in [4.78, 5) is 12.2. The summed E-state index contributed by atoms with van der Waals surface area (Å²) < 4.78 is 6.19. The van der Waals surface area contributed by atoms with Crippen molar-refractivity contribution in [1.29, 1.82) is 0 Å². The van der Waals surface area contributed by atoms with Gasteiger partial charge in [-0.3, -0.25) is 4.79 Å². The maximum Gasteiger partial charge on any atom is 0.224 e. The summed E-state index contributed by atoms with van der Waals surface area (Å²) in [5, 5.41) is 3.02. The molecule has 0 aromatic heterocycles. The van der Waals surface area contributed by atoms with Crippen molar-refractivity contribution in [2.24, 2.45) is 5.92 Å². The van der Waals surface area contributed by atoms with E-state index in [0.29, 0.717) is 12.5 Å². The number of ether oxygens (including phenoxy) is 1. The van der Waals surface area contributed by atoms with E-state index in [9.17, 15) is 4.79 Å². The van der Waals surface area contributed by atoms with Gasteiger partial charge in [-0.05, 0) is 47.7 Å². The van der Waals surface area contributed by atoms with Crippen LogP contribution in [0.25, 0.3) is 0 Å². The molecule has 1 fully saturated rings. The number of hydrogen-bond acceptors (Lipinski definition) is 2. The molecule has 2 aromatic carbocycles. The Morgan fingerprint density at radius 1 is 1.18 bits per heavy atom. The van der Waals surface area contributed by atoms with E-state index in [2.05, 4.69) is 33.4 Å². The number of benzene rings is 2. The van der Waals surface area contributed by atoms with Gasteiger partial charge in [0, 0.05) is 16.9 Å². The highest BCUT2D eigenvalue weighted by Crippen LogP contribution is 2.47. The van der Waals surface area contributed by atoms with Gasteiger partial charge in [0.15, 0.2) is 0 Å². The Balaban J connectivity index is 1.51. The second-order valence-corrected chi connectivity index (χ2v) is 6.48. The van der Waals surface area contributed by atoms with Crippen LogP contribution in [0.3, 0.4) is 0 Å². The third-order valence-corrected chi connectivity index (χ3v) is 4.58. The predicted octanol–water partition coefficient (Wildman–Crippen LogP) is 3.88. The van der Waals surface area contributed by atoms with Crippen LogP contribution < -0.4 is 10.1 Å². The Hall–Kier alpha value is -1.81. The number of hydrogen-bond donors (Lipinski definition) is 1. The molecule has 0 saturated heterocycles. The summed E-state index contributed by atoms with van der Waals surface area (Å²) in [6.45, 7) is 0.562. The van der Waals surface area contributed by atoms with Gasteiger partial charge in [-0.2, -0.15) is 0 Å². The number of halogens is 1. The molecular weight excluding hydrogens is 342 g/mol. The van der Waals surface area contributed by atoms with Crippen molar-refractivity contribution in [3.63, 3.8) is 0 Å². The van der Waals surface area contributed by atoms with Crippen LogP contribution in [0.1, 0.15) is 23.5 Å². The molecule has 0 bridgehead atoms. The fourth-order valence-corrected chi connectivity index (χ4v) is 2.89. The molecule has 114 valence electrons. The van der Waals surface area contributed by atoms with E-state index < -0.39 is 0 Å². The standard InChI is InChI=1S/C18H18BrNO2/c1-22-15-8-2-12(3-9-15)11-20-18(21)17-10-16(17)13-4-6-14(19)7-5-13/h2-9,16-17H,10-11H2,1H3,(H,20,21). The highest BCUT2D eigenvalue weighted by atomic mass is 79.9. The van der Waals surface area contributed by atoms with Crippen LogP contribution in [0.15, 0.2) is 53.0 Å². The average molecular weight is 360 g/mol. The number of rotatable bonds is 5. The van der Waals surface area contributed by atoms with Crippen LogP contribution in [-0.2, 0) is 11.3 Å². The fourth-order valence-electron chi connectivity index (χ4n) is 2.63. The molecule has 1 aliphatic rings. The highest BCUT2D eigenvalue weighted by molar-refractivity contribution is 9.10. The molecule has 4 heteroatoms. The van der Waals surface area contributed by atoms with E-state index in [-0.39, 0.29) is 11.8 Å². The lowest BCUT2D eigenvalue weighted by atomic mass is 10.1. The number of nitrogens with one attached hydrogen (secondary N) is 1. The average Bonchev–Trinajstić information content (AvgIpc) is 3.34. The number of methoxy groups -OCH3 is 1. The normalized spacial score (nSPS) is 19.5. The topological polar surface area (TPSA) is 38.3 Å². The zero-order valence-electron chi connectivity index (χ0n) is 12.4. The minimum Gasteiger partial charge on any atom is -0.497 e. The van der Waals surface area contributed by atoms with Gasteiger partial charge in [0.05, 0.1) is 7.11 Å². The Morgan fingerprint density at radius 2 is 1.86 bits per heavy atom. The zero-order valence-corrected chi connectivity index (χ0v) is 14.0. The molecule has 0 heterocycles. The molecule has 3 nitrogen and oxygen atoms in total. The second-order valence-electron chi connectivity index (χ2n) is 5.57. The van der Waals surface area contributed by atoms with E-state index in [4.69, 9.17) is 4.74 Å². The van der Waals surface area contributed by atoms with Crippen molar-refractivity contribution in [2.75, 3.05) is 7.11 Å². The zero-order chi connectivity index (χ0) is 15.5. The van der Waals surface area contributed by atoms with Gasteiger partial charge in [0.1, 0.15) is 5.75 Å². The summed E-state index contributed by atoms with van der Waals surface area (Å²) in [6.07, 6.45) is 0.941. The molecule has 1 saturated carbocycles. The molecule has 0 radical (unpaired) electrons. The summed E-state index contributed by atoms with van der Waals surface area (Å²) in [6, 6.07) is 16.0. The van der Waals surface area contributed by atoms with E-state index in [1.165, 1.54) is 5.56 Å². The highest BCUT2D eigenvalue weighted by Gasteiger charge is 2.43. The van der Waals surface area contributed by atoms with Gasteiger partial charge in [-0.25, -0.2) is 0 Å². The van der Waals surface area contributed by atoms with Gasteiger partial charge in [0.2, 0.25) is 5.91 Å². The largest absolute Gasteiger partial charge is 0.497 e. The Morgan fingerprint density at radius 3 is 2.50 bits per heavy atom. The second kappa shape index (κ2) is 6.53. The lowest BCUT2D eigenvalue weighted by Crippen LogP contribution is -2.24. The van der Waals surface area contributed by atoms with Crippen molar-refractivity contribution in [3.05, 3.63) is 64.1 Å². The molecule has 1 N–H and O–H groups in total. The molecule has 2 atom stereocenters. The van der Waals surface area contributed by atoms with Crippen molar-refractivity contribution >= 4 is 21.8 Å². The molecule has 1 aliphatic carbocycles. The summed E-state index contributed by atoms with van der Waals surface area (Å²) in [5.74, 6) is 1.44. The fraction of sp³-hybridized carbons (Fsp3) is 0.278. The lowest BCUT2D eigenvalue weighted by Gasteiger charge is -2.06. The monoisotopic (exact) mass is 359 g/mol. The SMILES string of the molecule is COc1ccc(CNC(=O)C2CC2c2ccc(Br)cc2)cc1. The van der Waals surface area contributed by atoms with Crippen LogP contribution in [0.4, 0.5) is 0 Å². The van der Waals surface area contributed by atoms with Crippen LogP contribution in [0.2, 0.25) is 0 Å². The summed E-state index contributed by atoms with van der Waals surface area (Å²) in [5.41, 5.74) is 2.32. The Labute approximate surface area is 138 Å². The van der Waals surface area contributed by atoms with Crippen molar-refractivity contribution in [1.82, 2.24) is 5.32 Å². The maximum atomic E-state index is 12.2. The van der Waals surface area contributed by atoms with Crippen LogP contribution in [0, 0.1) is 5.92 Å². The quantitative estimate of drug-likeness (QED) is 0.879. The van der Waals surface area contributed by atoms with Gasteiger partial charge in [0.25, 0.3) is 0 Å². The van der Waals surface area contributed by atoms with Crippen molar-refractivity contribution in [2.45, 2.75) is 18.9 Å². The minimum atomic E-state index is 0.111. The molecule has 0 spiro atoms. The molecule has 2 unspecified atom stereocenters. The predicted molar refractivity (Wildman–Crippen MR) is 89.8 cm³/mol. The maximum absolute atomic E-state index is 12.2. The van der Waals surface area contributed by atoms with Gasteiger partial charge >= 0.3 is 0 Å². The van der Waals surface area contributed by atoms with E-state index >= 15 is 0 Å². The first kappa shape index (κ1) is 15.1. The summed E-state index contributed by atoms with van der Waals surface area (Å²) >= 11 is 3.43. The van der Waals surface area contributed by atoms with E-state index in [0.717, 1.165) is 22.2 Å². The molecule has 2 aromatic rings. The van der Waals surface area contributed by atoms with Crippen molar-refractivity contribution in [3.8, 4) is 5.75 Å². The van der Waals surface area contributed by atoms with Crippen LogP contribution in [-0.4, -0.2) is 13.0 Å². The number of carbonyl (C=O) groups is 1. The van der Waals surface area contributed by atoms with Gasteiger partial charge in [-0.15, -0.1) is 0 Å². The van der Waals surface area contributed by atoms with Crippen LogP contribution in [0.5, 0.6) is 5.75 Å². The molecule has 1 amide bonds. The first-order valence-corrected chi connectivity index (χ1v) is 8.13. The Bertz CT molecular complexity index is 652. The minimum absolute atomic E-state index is 0.111.